The number of halogens is 1. The third kappa shape index (κ3) is 1.91. The predicted octanol–water partition coefficient (Wildman–Crippen LogP) is 0.0426. The van der Waals surface area contributed by atoms with Crippen molar-refractivity contribution in [1.82, 2.24) is 20.2 Å². The van der Waals surface area contributed by atoms with Crippen LogP contribution in [-0.2, 0) is 11.8 Å². The Balaban J connectivity index is 2.18. The minimum absolute atomic E-state index is 0.213. The van der Waals surface area contributed by atoms with Crippen LogP contribution in [0.15, 0.2) is 0 Å². The Hall–Kier alpha value is -0.880. The lowest BCUT2D eigenvalue weighted by molar-refractivity contribution is 0.119. The molecule has 0 spiro atoms. The Morgan fingerprint density at radius 1 is 1.60 bits per heavy atom. The minimum atomic E-state index is 0.213. The van der Waals surface area contributed by atoms with Gasteiger partial charge in [0.15, 0.2) is 0 Å². The lowest BCUT2D eigenvalue weighted by Crippen LogP contribution is -2.33. The highest BCUT2D eigenvalue weighted by Crippen LogP contribution is 2.25. The summed E-state index contributed by atoms with van der Waals surface area (Å²) in [5.74, 6) is 1.31. The smallest absolute Gasteiger partial charge is 0.245 e. The van der Waals surface area contributed by atoms with Crippen LogP contribution in [0.1, 0.15) is 6.42 Å². The van der Waals surface area contributed by atoms with Crippen molar-refractivity contribution in [2.24, 2.45) is 7.05 Å². The van der Waals surface area contributed by atoms with Crippen molar-refractivity contribution in [2.75, 3.05) is 24.4 Å². The Bertz CT molecular complexity index is 331. The second-order valence-electron chi connectivity index (χ2n) is 3.66. The number of aromatic nitrogens is 4. The van der Waals surface area contributed by atoms with Gasteiger partial charge in [-0.1, -0.05) is 5.10 Å². The third-order valence-corrected chi connectivity index (χ3v) is 3.10. The first-order chi connectivity index (χ1) is 7.26. The first-order valence-electron chi connectivity index (χ1n) is 4.84. The highest BCUT2D eigenvalue weighted by atomic mass is 35.5. The highest BCUT2D eigenvalue weighted by molar-refractivity contribution is 6.18. The summed E-state index contributed by atoms with van der Waals surface area (Å²) in [5, 5.41) is 11.4. The first-order valence-corrected chi connectivity index (χ1v) is 5.37. The molecule has 15 heavy (non-hydrogen) atoms. The van der Waals surface area contributed by atoms with Crippen LogP contribution in [0.2, 0.25) is 0 Å². The maximum Gasteiger partial charge on any atom is 0.245 e. The summed E-state index contributed by atoms with van der Waals surface area (Å²) in [7, 11) is 3.54. The third-order valence-electron chi connectivity index (χ3n) is 2.74. The average Bonchev–Trinajstić information content (AvgIpc) is 2.82. The van der Waals surface area contributed by atoms with Gasteiger partial charge in [-0.15, -0.1) is 11.6 Å². The van der Waals surface area contributed by atoms with Crippen LogP contribution in [0, 0.1) is 0 Å². The number of aryl methyl sites for hydroxylation is 1. The zero-order valence-electron chi connectivity index (χ0n) is 8.80. The van der Waals surface area contributed by atoms with Gasteiger partial charge >= 0.3 is 0 Å². The summed E-state index contributed by atoms with van der Waals surface area (Å²) in [5.41, 5.74) is 0. The SMILES string of the molecule is COC1CC(CCl)N(c2nnnn2C)C1. The molecule has 2 rings (SSSR count). The Morgan fingerprint density at radius 3 is 2.93 bits per heavy atom. The summed E-state index contributed by atoms with van der Waals surface area (Å²) >= 11 is 5.92. The second-order valence-corrected chi connectivity index (χ2v) is 3.97. The van der Waals surface area contributed by atoms with Gasteiger partial charge in [-0.3, -0.25) is 0 Å². The van der Waals surface area contributed by atoms with E-state index in [1.54, 1.807) is 11.8 Å². The summed E-state index contributed by atoms with van der Waals surface area (Å²) in [6, 6.07) is 0.251. The van der Waals surface area contributed by atoms with Crippen LogP contribution >= 0.6 is 11.6 Å². The van der Waals surface area contributed by atoms with Crippen LogP contribution in [0.25, 0.3) is 0 Å². The van der Waals surface area contributed by atoms with Gasteiger partial charge in [0, 0.05) is 32.6 Å². The van der Waals surface area contributed by atoms with Gasteiger partial charge in [-0.25, -0.2) is 4.68 Å². The van der Waals surface area contributed by atoms with Gasteiger partial charge in [-0.2, -0.15) is 0 Å². The summed E-state index contributed by atoms with van der Waals surface area (Å²) in [6.07, 6.45) is 1.14. The zero-order chi connectivity index (χ0) is 10.8. The second kappa shape index (κ2) is 4.32. The number of hydrogen-bond donors (Lipinski definition) is 0. The van der Waals surface area contributed by atoms with Gasteiger partial charge in [-0.05, 0) is 16.8 Å². The van der Waals surface area contributed by atoms with E-state index in [4.69, 9.17) is 16.3 Å². The number of hydrogen-bond acceptors (Lipinski definition) is 5. The number of rotatable bonds is 3. The molecule has 2 heterocycles. The van der Waals surface area contributed by atoms with E-state index in [1.165, 1.54) is 0 Å². The number of alkyl halides is 1. The lowest BCUT2D eigenvalue weighted by atomic mass is 10.2. The van der Waals surface area contributed by atoms with E-state index in [-0.39, 0.29) is 12.1 Å². The van der Waals surface area contributed by atoms with E-state index in [2.05, 4.69) is 20.4 Å². The summed E-state index contributed by atoms with van der Waals surface area (Å²) in [6.45, 7) is 0.794. The van der Waals surface area contributed by atoms with Gasteiger partial charge in [0.1, 0.15) is 0 Å². The van der Waals surface area contributed by atoms with Gasteiger partial charge in [0.2, 0.25) is 5.95 Å². The van der Waals surface area contributed by atoms with Gasteiger partial charge in [0.05, 0.1) is 6.10 Å². The molecule has 0 radical (unpaired) electrons. The van der Waals surface area contributed by atoms with E-state index < -0.39 is 0 Å². The van der Waals surface area contributed by atoms with E-state index in [9.17, 15) is 0 Å². The fourth-order valence-corrected chi connectivity index (χ4v) is 2.20. The topological polar surface area (TPSA) is 56.1 Å². The molecule has 1 aromatic rings. The number of anilines is 1. The molecule has 2 unspecified atom stereocenters. The lowest BCUT2D eigenvalue weighted by Gasteiger charge is -2.21. The molecule has 0 aliphatic carbocycles. The molecule has 0 N–H and O–H groups in total. The molecule has 1 fully saturated rings. The van der Waals surface area contributed by atoms with Crippen LogP contribution in [0.5, 0.6) is 0 Å². The molecule has 0 amide bonds. The number of ether oxygens (including phenoxy) is 1. The average molecular weight is 232 g/mol. The van der Waals surface area contributed by atoms with Crippen molar-refractivity contribution < 1.29 is 4.74 Å². The standard InChI is InChI=1S/C8H14ClN5O/c1-13-8(10-11-12-13)14-5-7(15-2)3-6(14)4-9/h6-7H,3-5H2,1-2H3. The van der Waals surface area contributed by atoms with E-state index in [0.29, 0.717) is 5.88 Å². The van der Waals surface area contributed by atoms with Crippen LogP contribution < -0.4 is 4.90 Å². The normalized spacial score (nSPS) is 26.2. The fourth-order valence-electron chi connectivity index (χ4n) is 1.90. The summed E-state index contributed by atoms with van der Waals surface area (Å²) in [4.78, 5) is 2.10. The Kier molecular flexibility index (Phi) is 3.06. The molecule has 84 valence electrons. The van der Waals surface area contributed by atoms with Crippen molar-refractivity contribution in [3.63, 3.8) is 0 Å². The van der Waals surface area contributed by atoms with Crippen molar-refractivity contribution in [3.05, 3.63) is 0 Å². The first kappa shape index (κ1) is 10.6. The number of tetrazole rings is 1. The molecule has 1 aromatic heterocycles. The molecule has 2 atom stereocenters. The minimum Gasteiger partial charge on any atom is -0.380 e. The van der Waals surface area contributed by atoms with Crippen molar-refractivity contribution >= 4 is 17.5 Å². The molecule has 6 nitrogen and oxygen atoms in total. The van der Waals surface area contributed by atoms with E-state index in [0.717, 1.165) is 18.9 Å². The molecule has 1 aliphatic heterocycles. The van der Waals surface area contributed by atoms with Crippen molar-refractivity contribution in [2.45, 2.75) is 18.6 Å². The fraction of sp³-hybridized carbons (Fsp3) is 0.875. The Labute approximate surface area is 93.1 Å². The molecular weight excluding hydrogens is 218 g/mol. The molecule has 7 heteroatoms. The maximum absolute atomic E-state index is 5.92. The molecule has 0 saturated carbocycles. The largest absolute Gasteiger partial charge is 0.380 e. The molecular formula is C8H14ClN5O. The molecule has 1 aliphatic rings. The maximum atomic E-state index is 5.92. The van der Waals surface area contributed by atoms with Crippen LogP contribution in [-0.4, -0.2) is 51.9 Å². The predicted molar refractivity (Wildman–Crippen MR) is 56.1 cm³/mol. The molecule has 1 saturated heterocycles. The van der Waals surface area contributed by atoms with Crippen LogP contribution in [0.4, 0.5) is 5.95 Å². The zero-order valence-corrected chi connectivity index (χ0v) is 9.55. The van der Waals surface area contributed by atoms with Gasteiger partial charge < -0.3 is 9.64 Å². The van der Waals surface area contributed by atoms with E-state index >= 15 is 0 Å². The molecule has 0 aromatic carbocycles. The molecule has 0 bridgehead atoms. The Morgan fingerprint density at radius 2 is 2.40 bits per heavy atom. The van der Waals surface area contributed by atoms with Crippen LogP contribution in [0.3, 0.4) is 0 Å². The van der Waals surface area contributed by atoms with Gasteiger partial charge in [0.25, 0.3) is 0 Å². The highest BCUT2D eigenvalue weighted by Gasteiger charge is 2.34. The van der Waals surface area contributed by atoms with Crippen molar-refractivity contribution in [3.8, 4) is 0 Å². The quantitative estimate of drug-likeness (QED) is 0.688. The number of nitrogens with zero attached hydrogens (tertiary/aromatic N) is 5. The monoisotopic (exact) mass is 231 g/mol. The van der Waals surface area contributed by atoms with Crippen molar-refractivity contribution in [1.29, 1.82) is 0 Å². The number of methoxy groups -OCH3 is 1. The van der Waals surface area contributed by atoms with E-state index in [1.807, 2.05) is 7.05 Å². The summed E-state index contributed by atoms with van der Waals surface area (Å²) < 4.78 is 6.98.